The predicted octanol–water partition coefficient (Wildman–Crippen LogP) is 1.96. The van der Waals surface area contributed by atoms with E-state index in [-0.39, 0.29) is 0 Å². The molecule has 0 N–H and O–H groups in total. The molecule has 1 aromatic heterocycles. The highest BCUT2D eigenvalue weighted by molar-refractivity contribution is 14.1. The largest absolute Gasteiger partial charge is 0.464 e. The van der Waals surface area contributed by atoms with Gasteiger partial charge < -0.3 is 4.74 Å². The summed E-state index contributed by atoms with van der Waals surface area (Å²) in [7, 11) is 3.17. The lowest BCUT2D eigenvalue weighted by Gasteiger charge is -1.95. The highest BCUT2D eigenvalue weighted by atomic mass is 127. The molecule has 0 bridgehead atoms. The number of methoxy groups -OCH3 is 1. The molecule has 0 atom stereocenters. The van der Waals surface area contributed by atoms with E-state index in [0.29, 0.717) is 5.69 Å². The first kappa shape index (κ1) is 10.4. The Kier molecular flexibility index (Phi) is 2.64. The summed E-state index contributed by atoms with van der Waals surface area (Å²) in [5, 5.41) is 4.97. The van der Waals surface area contributed by atoms with Crippen LogP contribution in [0.25, 0.3) is 10.9 Å². The van der Waals surface area contributed by atoms with Crippen molar-refractivity contribution in [2.75, 3.05) is 7.11 Å². The van der Waals surface area contributed by atoms with Gasteiger partial charge in [-0.05, 0) is 40.8 Å². The zero-order valence-electron chi connectivity index (χ0n) is 8.32. The van der Waals surface area contributed by atoms with E-state index in [1.807, 2.05) is 25.2 Å². The van der Waals surface area contributed by atoms with Crippen LogP contribution < -0.4 is 0 Å². The van der Waals surface area contributed by atoms with Crippen LogP contribution in [-0.4, -0.2) is 22.9 Å². The number of fused-ring (bicyclic) bond motifs is 1. The highest BCUT2D eigenvalue weighted by Gasteiger charge is 2.16. The number of aryl methyl sites for hydroxylation is 1. The lowest BCUT2D eigenvalue weighted by molar-refractivity contribution is 0.0595. The van der Waals surface area contributed by atoms with Crippen LogP contribution in [0.2, 0.25) is 0 Å². The third-order valence-corrected chi connectivity index (χ3v) is 2.86. The monoisotopic (exact) mass is 316 g/mol. The molecule has 0 saturated carbocycles. The van der Waals surface area contributed by atoms with E-state index in [4.69, 9.17) is 0 Å². The second-order valence-electron chi connectivity index (χ2n) is 3.13. The molecule has 0 aliphatic carbocycles. The Balaban J connectivity index is 2.75. The van der Waals surface area contributed by atoms with Crippen LogP contribution >= 0.6 is 22.6 Å². The van der Waals surface area contributed by atoms with Crippen molar-refractivity contribution in [1.82, 2.24) is 9.78 Å². The topological polar surface area (TPSA) is 44.1 Å². The third kappa shape index (κ3) is 1.71. The van der Waals surface area contributed by atoms with Crippen molar-refractivity contribution in [3.8, 4) is 0 Å². The van der Waals surface area contributed by atoms with Crippen molar-refractivity contribution in [2.24, 2.45) is 7.05 Å². The van der Waals surface area contributed by atoms with Gasteiger partial charge in [-0.15, -0.1) is 0 Å². The summed E-state index contributed by atoms with van der Waals surface area (Å²) in [4.78, 5) is 11.5. The van der Waals surface area contributed by atoms with Crippen molar-refractivity contribution in [2.45, 2.75) is 0 Å². The molecule has 0 aliphatic heterocycles. The Labute approximate surface area is 100 Å². The van der Waals surface area contributed by atoms with E-state index >= 15 is 0 Å². The lowest BCUT2D eigenvalue weighted by atomic mass is 10.2. The van der Waals surface area contributed by atoms with Gasteiger partial charge in [0.25, 0.3) is 0 Å². The molecular weight excluding hydrogens is 307 g/mol. The summed E-state index contributed by atoms with van der Waals surface area (Å²) < 4.78 is 7.43. The van der Waals surface area contributed by atoms with Crippen LogP contribution in [0, 0.1) is 3.57 Å². The summed E-state index contributed by atoms with van der Waals surface area (Å²) in [6, 6.07) is 5.84. The number of benzene rings is 1. The summed E-state index contributed by atoms with van der Waals surface area (Å²) in [5.41, 5.74) is 1.30. The van der Waals surface area contributed by atoms with Crippen molar-refractivity contribution >= 4 is 39.5 Å². The lowest BCUT2D eigenvalue weighted by Crippen LogP contribution is -2.03. The van der Waals surface area contributed by atoms with E-state index in [1.54, 1.807) is 4.68 Å². The molecular formula is C10H9IN2O2. The molecule has 0 amide bonds. The Morgan fingerprint density at radius 2 is 2.27 bits per heavy atom. The van der Waals surface area contributed by atoms with Gasteiger partial charge in [-0.3, -0.25) is 4.68 Å². The van der Waals surface area contributed by atoms with Crippen molar-refractivity contribution in [3.63, 3.8) is 0 Å². The second kappa shape index (κ2) is 3.80. The van der Waals surface area contributed by atoms with E-state index < -0.39 is 5.97 Å². The first-order valence-corrected chi connectivity index (χ1v) is 5.42. The first-order valence-electron chi connectivity index (χ1n) is 4.34. The molecule has 0 spiro atoms. The maximum absolute atomic E-state index is 11.5. The summed E-state index contributed by atoms with van der Waals surface area (Å²) in [6.07, 6.45) is 0. The average molecular weight is 316 g/mol. The molecule has 0 saturated heterocycles. The number of esters is 1. The number of aromatic nitrogens is 2. The molecule has 5 heteroatoms. The minimum atomic E-state index is -0.400. The predicted molar refractivity (Wildman–Crippen MR) is 64.8 cm³/mol. The molecule has 1 aromatic carbocycles. The molecule has 1 heterocycles. The Hall–Kier alpha value is -1.11. The van der Waals surface area contributed by atoms with Gasteiger partial charge in [0.15, 0.2) is 5.69 Å². The highest BCUT2D eigenvalue weighted by Crippen LogP contribution is 2.21. The molecule has 0 fully saturated rings. The van der Waals surface area contributed by atoms with Gasteiger partial charge in [0, 0.05) is 16.0 Å². The Morgan fingerprint density at radius 1 is 1.53 bits per heavy atom. The number of rotatable bonds is 1. The van der Waals surface area contributed by atoms with Crippen molar-refractivity contribution in [1.29, 1.82) is 0 Å². The standard InChI is InChI=1S/C10H9IN2O2/c1-13-8-4-3-6(11)5-7(8)9(12-13)10(14)15-2/h3-5H,1-2H3. The van der Waals surface area contributed by atoms with E-state index in [9.17, 15) is 4.79 Å². The fourth-order valence-electron chi connectivity index (χ4n) is 1.49. The Bertz CT molecular complexity index is 533. The van der Waals surface area contributed by atoms with Crippen LogP contribution in [0.4, 0.5) is 0 Å². The molecule has 0 aliphatic rings. The maximum atomic E-state index is 11.5. The normalized spacial score (nSPS) is 10.6. The number of hydrogen-bond acceptors (Lipinski definition) is 3. The summed E-state index contributed by atoms with van der Waals surface area (Å²) >= 11 is 2.20. The molecule has 78 valence electrons. The molecule has 2 rings (SSSR count). The van der Waals surface area contributed by atoms with Crippen LogP contribution in [0.3, 0.4) is 0 Å². The van der Waals surface area contributed by atoms with Gasteiger partial charge in [-0.1, -0.05) is 0 Å². The quantitative estimate of drug-likeness (QED) is 0.597. The number of carbonyl (C=O) groups excluding carboxylic acids is 1. The summed E-state index contributed by atoms with van der Waals surface area (Å²) in [6.45, 7) is 0. The molecule has 0 radical (unpaired) electrons. The number of carbonyl (C=O) groups is 1. The number of nitrogens with zero attached hydrogens (tertiary/aromatic N) is 2. The number of halogens is 1. The molecule has 0 unspecified atom stereocenters. The number of ether oxygens (including phenoxy) is 1. The van der Waals surface area contributed by atoms with Gasteiger partial charge in [-0.25, -0.2) is 4.79 Å². The Morgan fingerprint density at radius 3 is 2.93 bits per heavy atom. The van der Waals surface area contributed by atoms with Crippen LogP contribution in [0.5, 0.6) is 0 Å². The van der Waals surface area contributed by atoms with E-state index in [2.05, 4.69) is 32.4 Å². The van der Waals surface area contributed by atoms with Crippen LogP contribution in [-0.2, 0) is 11.8 Å². The van der Waals surface area contributed by atoms with E-state index in [1.165, 1.54) is 7.11 Å². The van der Waals surface area contributed by atoms with E-state index in [0.717, 1.165) is 14.5 Å². The van der Waals surface area contributed by atoms with Crippen LogP contribution in [0.15, 0.2) is 18.2 Å². The fraction of sp³-hybridized carbons (Fsp3) is 0.200. The van der Waals surface area contributed by atoms with Gasteiger partial charge in [0.1, 0.15) is 0 Å². The van der Waals surface area contributed by atoms with Gasteiger partial charge >= 0.3 is 5.97 Å². The van der Waals surface area contributed by atoms with Crippen LogP contribution in [0.1, 0.15) is 10.5 Å². The number of hydrogen-bond donors (Lipinski definition) is 0. The third-order valence-electron chi connectivity index (χ3n) is 2.19. The SMILES string of the molecule is COC(=O)c1nn(C)c2ccc(I)cc12. The first-order chi connectivity index (χ1) is 7.13. The minimum Gasteiger partial charge on any atom is -0.464 e. The van der Waals surface area contributed by atoms with Gasteiger partial charge in [0.2, 0.25) is 0 Å². The zero-order valence-corrected chi connectivity index (χ0v) is 10.5. The molecule has 4 nitrogen and oxygen atoms in total. The maximum Gasteiger partial charge on any atom is 0.359 e. The van der Waals surface area contributed by atoms with Gasteiger partial charge in [-0.2, -0.15) is 5.10 Å². The van der Waals surface area contributed by atoms with Crippen molar-refractivity contribution < 1.29 is 9.53 Å². The second-order valence-corrected chi connectivity index (χ2v) is 4.37. The average Bonchev–Trinajstić information content (AvgIpc) is 2.54. The van der Waals surface area contributed by atoms with Gasteiger partial charge in [0.05, 0.1) is 12.6 Å². The smallest absolute Gasteiger partial charge is 0.359 e. The fourth-order valence-corrected chi connectivity index (χ4v) is 1.98. The summed E-state index contributed by atoms with van der Waals surface area (Å²) in [5.74, 6) is -0.400. The minimum absolute atomic E-state index is 0.369. The van der Waals surface area contributed by atoms with Crippen molar-refractivity contribution in [3.05, 3.63) is 27.5 Å². The molecule has 15 heavy (non-hydrogen) atoms. The molecule has 2 aromatic rings. The zero-order chi connectivity index (χ0) is 11.0.